The third kappa shape index (κ3) is 4.79. The van der Waals surface area contributed by atoms with E-state index in [-0.39, 0.29) is 5.56 Å². The highest BCUT2D eigenvalue weighted by atomic mass is 32.2. The molecular weight excluding hydrogens is 454 g/mol. The molecule has 1 saturated carbocycles. The second-order valence-electron chi connectivity index (χ2n) is 8.14. The molecule has 2 aliphatic rings. The van der Waals surface area contributed by atoms with E-state index in [0.717, 1.165) is 47.0 Å². The Morgan fingerprint density at radius 3 is 2.71 bits per heavy atom. The quantitative estimate of drug-likeness (QED) is 0.237. The Bertz CT molecular complexity index is 1350. The van der Waals surface area contributed by atoms with E-state index in [1.54, 1.807) is 28.9 Å². The predicted molar refractivity (Wildman–Crippen MR) is 133 cm³/mol. The molecule has 1 aliphatic heterocycles. The summed E-state index contributed by atoms with van der Waals surface area (Å²) in [5.74, 6) is -1.74. The summed E-state index contributed by atoms with van der Waals surface area (Å²) in [5.41, 5.74) is 5.56. The van der Waals surface area contributed by atoms with Gasteiger partial charge in [-0.05, 0) is 72.3 Å². The number of aromatic nitrogens is 3. The van der Waals surface area contributed by atoms with Gasteiger partial charge in [0, 0.05) is 64.6 Å². The molecule has 0 amide bonds. The number of anilines is 1. The SMILES string of the molecule is Cn1cc(C2=CN/C(=C(\C=N)c3cc(NSC4CC4)cc(-c4ccc(F)nc4F)c3)C=C2)cn1. The number of hydrogen-bond acceptors (Lipinski definition) is 6. The van der Waals surface area contributed by atoms with Gasteiger partial charge in [0.2, 0.25) is 11.9 Å². The molecule has 5 rings (SSSR count). The summed E-state index contributed by atoms with van der Waals surface area (Å²) < 4.78 is 33.0. The highest BCUT2D eigenvalue weighted by Crippen LogP contribution is 2.37. The third-order valence-electron chi connectivity index (χ3n) is 5.52. The molecule has 9 heteroatoms. The first-order valence-electron chi connectivity index (χ1n) is 10.8. The molecule has 3 heterocycles. The first kappa shape index (κ1) is 22.1. The number of hydrogen-bond donors (Lipinski definition) is 3. The van der Waals surface area contributed by atoms with Crippen LogP contribution in [0, 0.1) is 17.3 Å². The van der Waals surface area contributed by atoms with Crippen LogP contribution in [0.5, 0.6) is 0 Å². The van der Waals surface area contributed by atoms with E-state index in [1.165, 1.54) is 12.3 Å². The van der Waals surface area contributed by atoms with Crippen LogP contribution in [0.1, 0.15) is 24.0 Å². The van der Waals surface area contributed by atoms with E-state index < -0.39 is 11.9 Å². The molecule has 0 bridgehead atoms. The molecule has 3 aromatic rings. The van der Waals surface area contributed by atoms with Crippen LogP contribution >= 0.6 is 11.9 Å². The second-order valence-corrected chi connectivity index (χ2v) is 9.25. The van der Waals surface area contributed by atoms with Crippen molar-refractivity contribution in [3.8, 4) is 11.1 Å². The lowest BCUT2D eigenvalue weighted by atomic mass is 9.96. The average molecular weight is 477 g/mol. The minimum Gasteiger partial charge on any atom is -0.361 e. The molecule has 1 fully saturated rings. The minimum absolute atomic E-state index is 0.197. The Balaban J connectivity index is 1.52. The Hall–Kier alpha value is -3.72. The van der Waals surface area contributed by atoms with Gasteiger partial charge in [-0.1, -0.05) is 6.08 Å². The number of dihydropyridines is 1. The minimum atomic E-state index is -0.873. The van der Waals surface area contributed by atoms with Crippen molar-refractivity contribution in [1.29, 1.82) is 5.41 Å². The molecule has 0 radical (unpaired) electrons. The van der Waals surface area contributed by atoms with Crippen molar-refractivity contribution in [2.45, 2.75) is 18.1 Å². The van der Waals surface area contributed by atoms with Gasteiger partial charge in [-0.3, -0.25) is 4.68 Å². The monoisotopic (exact) mass is 476 g/mol. The van der Waals surface area contributed by atoms with Crippen LogP contribution in [0.25, 0.3) is 22.3 Å². The summed E-state index contributed by atoms with van der Waals surface area (Å²) in [6, 6.07) is 8.05. The van der Waals surface area contributed by atoms with Crippen LogP contribution in [-0.2, 0) is 7.05 Å². The number of pyridine rings is 1. The van der Waals surface area contributed by atoms with Crippen LogP contribution < -0.4 is 10.0 Å². The van der Waals surface area contributed by atoms with Gasteiger partial charge in [-0.15, -0.1) is 0 Å². The Morgan fingerprint density at radius 2 is 2.06 bits per heavy atom. The van der Waals surface area contributed by atoms with Gasteiger partial charge < -0.3 is 15.4 Å². The summed E-state index contributed by atoms with van der Waals surface area (Å²) in [6.45, 7) is 0. The van der Waals surface area contributed by atoms with Crippen molar-refractivity contribution >= 4 is 35.0 Å². The lowest BCUT2D eigenvalue weighted by Gasteiger charge is -2.16. The van der Waals surface area contributed by atoms with Crippen molar-refractivity contribution in [1.82, 2.24) is 20.1 Å². The van der Waals surface area contributed by atoms with Crippen LogP contribution in [0.4, 0.5) is 14.5 Å². The summed E-state index contributed by atoms with van der Waals surface area (Å²) in [6.07, 6.45) is 13.0. The molecule has 0 unspecified atom stereocenters. The fourth-order valence-electron chi connectivity index (χ4n) is 3.62. The van der Waals surface area contributed by atoms with E-state index in [4.69, 9.17) is 5.41 Å². The molecule has 0 spiro atoms. The van der Waals surface area contributed by atoms with Crippen molar-refractivity contribution < 1.29 is 8.78 Å². The Kier molecular flexibility index (Phi) is 6.02. The lowest BCUT2D eigenvalue weighted by Crippen LogP contribution is -2.11. The smallest absolute Gasteiger partial charge is 0.223 e. The molecule has 172 valence electrons. The first-order chi connectivity index (χ1) is 16.5. The maximum atomic E-state index is 14.5. The zero-order valence-electron chi connectivity index (χ0n) is 18.3. The van der Waals surface area contributed by atoms with Gasteiger partial charge in [-0.2, -0.15) is 18.9 Å². The fraction of sp³-hybridized carbons (Fsp3) is 0.160. The van der Waals surface area contributed by atoms with Crippen molar-refractivity contribution in [3.05, 3.63) is 89.8 Å². The Labute approximate surface area is 200 Å². The molecule has 1 aromatic carbocycles. The third-order valence-corrected chi connectivity index (χ3v) is 6.68. The van der Waals surface area contributed by atoms with E-state index in [0.29, 0.717) is 16.4 Å². The molecular formula is C25H22F2N6S. The zero-order chi connectivity index (χ0) is 23.7. The number of aryl methyl sites for hydroxylation is 1. The highest BCUT2D eigenvalue weighted by Gasteiger charge is 2.22. The van der Waals surface area contributed by atoms with Crippen LogP contribution in [0.3, 0.4) is 0 Å². The number of allylic oxidation sites excluding steroid dienone is 4. The van der Waals surface area contributed by atoms with Gasteiger partial charge in [0.05, 0.1) is 6.20 Å². The molecule has 0 atom stereocenters. The number of nitrogens with zero attached hydrogens (tertiary/aromatic N) is 3. The van der Waals surface area contributed by atoms with E-state index in [2.05, 4.69) is 20.1 Å². The van der Waals surface area contributed by atoms with Crippen molar-refractivity contribution in [2.75, 3.05) is 4.72 Å². The number of halogens is 2. The molecule has 2 aromatic heterocycles. The highest BCUT2D eigenvalue weighted by molar-refractivity contribution is 8.01. The van der Waals surface area contributed by atoms with Crippen LogP contribution in [-0.4, -0.2) is 26.2 Å². The van der Waals surface area contributed by atoms with Crippen LogP contribution in [0.2, 0.25) is 0 Å². The molecule has 1 aliphatic carbocycles. The molecule has 34 heavy (non-hydrogen) atoms. The molecule has 0 saturated heterocycles. The maximum absolute atomic E-state index is 14.5. The predicted octanol–water partition coefficient (Wildman–Crippen LogP) is 5.54. The Morgan fingerprint density at radius 1 is 1.21 bits per heavy atom. The topological polar surface area (TPSA) is 78.6 Å². The van der Waals surface area contributed by atoms with Gasteiger partial charge in [0.25, 0.3) is 0 Å². The number of nitrogens with one attached hydrogen (secondary N) is 3. The van der Waals surface area contributed by atoms with E-state index in [1.807, 2.05) is 43.7 Å². The van der Waals surface area contributed by atoms with Crippen molar-refractivity contribution in [3.63, 3.8) is 0 Å². The fourth-order valence-corrected chi connectivity index (χ4v) is 4.41. The van der Waals surface area contributed by atoms with Gasteiger partial charge >= 0.3 is 0 Å². The lowest BCUT2D eigenvalue weighted by molar-refractivity contribution is 0.515. The molecule has 6 nitrogen and oxygen atoms in total. The van der Waals surface area contributed by atoms with Gasteiger partial charge in [0.15, 0.2) is 0 Å². The average Bonchev–Trinajstić information content (AvgIpc) is 3.57. The first-order valence-corrected chi connectivity index (χ1v) is 11.7. The standard InChI is InChI=1S/C25H22F2N6S/c1-33-14-18(13-30-33)15-2-6-23(29-12-15)22(11-28)17-8-16(21-5-7-24(26)31-25(21)27)9-19(10-17)32-34-20-3-4-20/h2,5-14,20,28-29,32H,3-4H2,1H3/b23-22+,28-11?. The summed E-state index contributed by atoms with van der Waals surface area (Å²) in [7, 11) is 1.86. The summed E-state index contributed by atoms with van der Waals surface area (Å²) in [5, 5.41) is 16.1. The maximum Gasteiger partial charge on any atom is 0.223 e. The van der Waals surface area contributed by atoms with Gasteiger partial charge in [-0.25, -0.2) is 0 Å². The van der Waals surface area contributed by atoms with Crippen molar-refractivity contribution in [2.24, 2.45) is 7.05 Å². The number of benzene rings is 1. The largest absolute Gasteiger partial charge is 0.361 e. The van der Waals surface area contributed by atoms with E-state index >= 15 is 0 Å². The van der Waals surface area contributed by atoms with Gasteiger partial charge in [0.1, 0.15) is 0 Å². The van der Waals surface area contributed by atoms with Crippen LogP contribution in [0.15, 0.2) is 66.8 Å². The summed E-state index contributed by atoms with van der Waals surface area (Å²) >= 11 is 1.63. The molecule has 3 N–H and O–H groups in total. The number of rotatable bonds is 7. The second kappa shape index (κ2) is 9.26. The summed E-state index contributed by atoms with van der Waals surface area (Å²) in [4.78, 5) is 3.33. The normalized spacial score (nSPS) is 16.6. The van der Waals surface area contributed by atoms with E-state index in [9.17, 15) is 8.78 Å². The zero-order valence-corrected chi connectivity index (χ0v) is 19.2.